The number of nitrogens with zero attached hydrogens (tertiary/aromatic N) is 4. The number of halogens is 1. The van der Waals surface area contributed by atoms with Crippen molar-refractivity contribution >= 4 is 22.5 Å². The topological polar surface area (TPSA) is 80.9 Å². The van der Waals surface area contributed by atoms with E-state index in [0.717, 1.165) is 11.1 Å². The summed E-state index contributed by atoms with van der Waals surface area (Å²) in [6, 6.07) is 12.3. The lowest BCUT2D eigenvalue weighted by Gasteiger charge is -2.27. The molecule has 3 heterocycles. The van der Waals surface area contributed by atoms with E-state index in [1.54, 1.807) is 51.4 Å². The maximum absolute atomic E-state index is 13.4. The van der Waals surface area contributed by atoms with Gasteiger partial charge in [-0.1, -0.05) is 23.7 Å². The van der Waals surface area contributed by atoms with Gasteiger partial charge >= 0.3 is 0 Å². The summed E-state index contributed by atoms with van der Waals surface area (Å²) in [7, 11) is 0. The van der Waals surface area contributed by atoms with Crippen LogP contribution >= 0.6 is 11.6 Å². The Morgan fingerprint density at radius 2 is 1.87 bits per heavy atom. The Morgan fingerprint density at radius 1 is 1.13 bits per heavy atom. The fourth-order valence-electron chi connectivity index (χ4n) is 3.23. The zero-order chi connectivity index (χ0) is 21.5. The predicted molar refractivity (Wildman–Crippen MR) is 118 cm³/mol. The van der Waals surface area contributed by atoms with Gasteiger partial charge in [-0.05, 0) is 51.1 Å². The molecular weight excluding hydrogens is 400 g/mol. The Labute approximate surface area is 178 Å². The van der Waals surface area contributed by atoms with Crippen molar-refractivity contribution in [3.63, 3.8) is 0 Å². The Morgan fingerprint density at radius 3 is 2.50 bits per heavy atom. The van der Waals surface area contributed by atoms with Crippen molar-refractivity contribution in [2.75, 3.05) is 0 Å². The molecule has 0 aliphatic rings. The molecule has 30 heavy (non-hydrogen) atoms. The zero-order valence-corrected chi connectivity index (χ0v) is 17.6. The maximum atomic E-state index is 13.4. The van der Waals surface area contributed by atoms with Gasteiger partial charge in [-0.2, -0.15) is 0 Å². The highest BCUT2D eigenvalue weighted by atomic mass is 35.5. The molecule has 6 nitrogen and oxygen atoms in total. The van der Waals surface area contributed by atoms with E-state index < -0.39 is 11.6 Å². The van der Waals surface area contributed by atoms with Gasteiger partial charge in [0.2, 0.25) is 0 Å². The highest BCUT2D eigenvalue weighted by Gasteiger charge is 2.26. The number of fused-ring (bicyclic) bond motifs is 1. The van der Waals surface area contributed by atoms with Crippen LogP contribution in [0.3, 0.4) is 0 Å². The molecule has 0 saturated heterocycles. The van der Waals surface area contributed by atoms with Gasteiger partial charge in [0.1, 0.15) is 5.52 Å². The number of benzene rings is 1. The lowest BCUT2D eigenvalue weighted by Crippen LogP contribution is -2.37. The number of hydrogen-bond acceptors (Lipinski definition) is 5. The molecule has 3 aromatic heterocycles. The molecule has 4 aromatic rings. The van der Waals surface area contributed by atoms with Gasteiger partial charge in [0, 0.05) is 28.5 Å². The van der Waals surface area contributed by atoms with E-state index in [1.807, 2.05) is 24.3 Å². The SMILES string of the molecule is CC(n1cnc2c(-c3cccnc3)nc(-c3ccc(Cl)cc3)cc2c1=O)C(C)(C)O. The van der Waals surface area contributed by atoms with Crippen molar-refractivity contribution in [2.45, 2.75) is 32.4 Å². The Kier molecular flexibility index (Phi) is 5.13. The quantitative estimate of drug-likeness (QED) is 0.525. The van der Waals surface area contributed by atoms with Crippen LogP contribution < -0.4 is 5.56 Å². The van der Waals surface area contributed by atoms with Gasteiger partial charge in [0.05, 0.1) is 34.7 Å². The molecule has 0 bridgehead atoms. The molecule has 1 aromatic carbocycles. The lowest BCUT2D eigenvalue weighted by atomic mass is 10.0. The Bertz CT molecular complexity index is 1260. The fourth-order valence-corrected chi connectivity index (χ4v) is 3.36. The molecule has 0 spiro atoms. The van der Waals surface area contributed by atoms with Crippen LogP contribution in [0, 0.1) is 0 Å². The first-order valence-corrected chi connectivity index (χ1v) is 9.94. The molecule has 4 rings (SSSR count). The van der Waals surface area contributed by atoms with Gasteiger partial charge in [0.15, 0.2) is 0 Å². The van der Waals surface area contributed by atoms with Gasteiger partial charge in [-0.25, -0.2) is 9.97 Å². The summed E-state index contributed by atoms with van der Waals surface area (Å²) in [6.45, 7) is 5.13. The molecule has 152 valence electrons. The second-order valence-electron chi connectivity index (χ2n) is 7.79. The minimum atomic E-state index is -1.09. The fraction of sp³-hybridized carbons (Fsp3) is 0.217. The first kappa shape index (κ1) is 20.2. The van der Waals surface area contributed by atoms with E-state index in [4.69, 9.17) is 16.6 Å². The lowest BCUT2D eigenvalue weighted by molar-refractivity contribution is 0.0290. The summed E-state index contributed by atoms with van der Waals surface area (Å²) in [5.41, 5.74) is 1.96. The molecule has 0 amide bonds. The molecule has 0 saturated carbocycles. The minimum absolute atomic E-state index is 0.239. The van der Waals surface area contributed by atoms with E-state index >= 15 is 0 Å². The van der Waals surface area contributed by atoms with Gasteiger partial charge in [-0.3, -0.25) is 14.3 Å². The molecular formula is C23H21ClN4O2. The molecule has 0 aliphatic carbocycles. The number of rotatable bonds is 4. The van der Waals surface area contributed by atoms with Crippen molar-refractivity contribution in [3.05, 3.63) is 76.6 Å². The summed E-state index contributed by atoms with van der Waals surface area (Å²) in [4.78, 5) is 26.9. The van der Waals surface area contributed by atoms with Crippen LogP contribution in [-0.2, 0) is 0 Å². The molecule has 1 unspecified atom stereocenters. The molecule has 1 N–H and O–H groups in total. The Hall–Kier alpha value is -3.09. The normalized spacial score (nSPS) is 12.8. The second kappa shape index (κ2) is 7.63. The van der Waals surface area contributed by atoms with Gasteiger partial charge < -0.3 is 5.11 Å². The van der Waals surface area contributed by atoms with Gasteiger partial charge in [0.25, 0.3) is 5.56 Å². The monoisotopic (exact) mass is 420 g/mol. The summed E-state index contributed by atoms with van der Waals surface area (Å²) in [6.07, 6.45) is 4.84. The van der Waals surface area contributed by atoms with Crippen LogP contribution in [0.15, 0.2) is 66.0 Å². The molecule has 7 heteroatoms. The second-order valence-corrected chi connectivity index (χ2v) is 8.22. The minimum Gasteiger partial charge on any atom is -0.388 e. The molecule has 0 aliphatic heterocycles. The van der Waals surface area contributed by atoms with Crippen molar-refractivity contribution in [1.29, 1.82) is 0 Å². The average Bonchev–Trinajstić information content (AvgIpc) is 2.73. The van der Waals surface area contributed by atoms with Crippen molar-refractivity contribution in [2.24, 2.45) is 0 Å². The third kappa shape index (κ3) is 3.72. The van der Waals surface area contributed by atoms with Crippen LogP contribution in [0.2, 0.25) is 5.02 Å². The molecule has 0 fully saturated rings. The summed E-state index contributed by atoms with van der Waals surface area (Å²) in [5, 5.41) is 11.5. The van der Waals surface area contributed by atoms with E-state index in [2.05, 4.69) is 9.97 Å². The van der Waals surface area contributed by atoms with Gasteiger partial charge in [-0.15, -0.1) is 0 Å². The smallest absolute Gasteiger partial charge is 0.261 e. The summed E-state index contributed by atoms with van der Waals surface area (Å²) >= 11 is 6.03. The number of aromatic nitrogens is 4. The summed E-state index contributed by atoms with van der Waals surface area (Å²) < 4.78 is 1.46. The highest BCUT2D eigenvalue weighted by Crippen LogP contribution is 2.29. The van der Waals surface area contributed by atoms with Crippen LogP contribution in [0.4, 0.5) is 0 Å². The van der Waals surface area contributed by atoms with Crippen LogP contribution in [0.25, 0.3) is 33.4 Å². The van der Waals surface area contributed by atoms with Crippen LogP contribution in [-0.4, -0.2) is 30.2 Å². The third-order valence-corrected chi connectivity index (χ3v) is 5.54. The molecule has 1 atom stereocenters. The first-order chi connectivity index (χ1) is 14.3. The average molecular weight is 421 g/mol. The number of pyridine rings is 2. The molecule has 0 radical (unpaired) electrons. The first-order valence-electron chi connectivity index (χ1n) is 9.56. The predicted octanol–water partition coefficient (Wildman–Crippen LogP) is 4.51. The number of aliphatic hydroxyl groups is 1. The standard InChI is InChI=1S/C23H21ClN4O2/c1-14(23(2,3)30)28-13-26-21-18(22(28)29)11-19(15-6-8-17(24)9-7-15)27-20(21)16-5-4-10-25-12-16/h4-14,30H,1-3H3. The largest absolute Gasteiger partial charge is 0.388 e. The van der Waals surface area contributed by atoms with Crippen molar-refractivity contribution in [1.82, 2.24) is 19.5 Å². The van der Waals surface area contributed by atoms with E-state index in [-0.39, 0.29) is 5.56 Å². The van der Waals surface area contributed by atoms with Crippen LogP contribution in [0.1, 0.15) is 26.8 Å². The van der Waals surface area contributed by atoms with E-state index in [0.29, 0.717) is 27.3 Å². The van der Waals surface area contributed by atoms with Crippen molar-refractivity contribution < 1.29 is 5.11 Å². The Balaban J connectivity index is 2.03. The van der Waals surface area contributed by atoms with Crippen molar-refractivity contribution in [3.8, 4) is 22.5 Å². The van der Waals surface area contributed by atoms with Crippen LogP contribution in [0.5, 0.6) is 0 Å². The third-order valence-electron chi connectivity index (χ3n) is 5.28. The summed E-state index contributed by atoms with van der Waals surface area (Å²) in [5.74, 6) is 0. The highest BCUT2D eigenvalue weighted by molar-refractivity contribution is 6.30. The van der Waals surface area contributed by atoms with E-state index in [9.17, 15) is 9.90 Å². The number of hydrogen-bond donors (Lipinski definition) is 1. The maximum Gasteiger partial charge on any atom is 0.261 e. The van der Waals surface area contributed by atoms with E-state index in [1.165, 1.54) is 10.9 Å². The zero-order valence-electron chi connectivity index (χ0n) is 16.9.